The van der Waals surface area contributed by atoms with Crippen LogP contribution in [0.2, 0.25) is 0 Å². The maximum atomic E-state index is 13.0. The van der Waals surface area contributed by atoms with Gasteiger partial charge in [0.25, 0.3) is 0 Å². The molecule has 1 amide bonds. The Balaban J connectivity index is 1.65. The topological polar surface area (TPSA) is 20.3 Å². The molecule has 3 aromatic rings. The summed E-state index contributed by atoms with van der Waals surface area (Å²) in [4.78, 5) is 14.9. The molecule has 3 heteroatoms. The van der Waals surface area contributed by atoms with Gasteiger partial charge in [-0.05, 0) is 0 Å². The van der Waals surface area contributed by atoms with E-state index >= 15 is 0 Å². The number of hydrogen-bond donors (Lipinski definition) is 0. The molecule has 0 aliphatic carbocycles. The van der Waals surface area contributed by atoms with E-state index in [1.165, 1.54) is 14.5 Å². The van der Waals surface area contributed by atoms with Gasteiger partial charge in [-0.3, -0.25) is 0 Å². The molecule has 3 aromatic carbocycles. The number of amides is 1. The zero-order valence-corrected chi connectivity index (χ0v) is 14.9. The molecule has 1 aliphatic heterocycles. The second kappa shape index (κ2) is 6.64. The summed E-state index contributed by atoms with van der Waals surface area (Å²) in [5.74, 6) is 0.161. The first-order valence-corrected chi connectivity index (χ1v) is 9.77. The number of rotatable bonds is 3. The van der Waals surface area contributed by atoms with E-state index in [1.54, 1.807) is 0 Å². The monoisotopic (exact) mass is 379 g/mol. The number of carbonyl (C=O) groups is 1. The summed E-state index contributed by atoms with van der Waals surface area (Å²) in [6.45, 7) is 0. The third-order valence-electron chi connectivity index (χ3n) is 4.15. The van der Waals surface area contributed by atoms with E-state index in [0.29, 0.717) is 6.42 Å². The molecular formula is C21H17NOSe. The minimum absolute atomic E-state index is 0.161. The van der Waals surface area contributed by atoms with Crippen LogP contribution in [0.3, 0.4) is 0 Å². The standard InChI is InChI=1S/C21H17NOSe/c23-21(15-14-16-8-2-1-3-9-16)22-17-10-4-6-12-19(17)24-20-13-7-5-11-18(20)22/h1-13H,14-15H2. The Bertz CT molecular complexity index is 830. The molecule has 0 radical (unpaired) electrons. The van der Waals surface area contributed by atoms with E-state index in [2.05, 4.69) is 48.5 Å². The molecule has 4 rings (SSSR count). The molecule has 118 valence electrons. The quantitative estimate of drug-likeness (QED) is 0.642. The summed E-state index contributed by atoms with van der Waals surface area (Å²) >= 11 is 0.253. The second-order valence-corrected chi connectivity index (χ2v) is 8.03. The Hall–Kier alpha value is -2.35. The van der Waals surface area contributed by atoms with Crippen molar-refractivity contribution in [1.29, 1.82) is 0 Å². The number of aryl methyl sites for hydroxylation is 1. The molecule has 0 N–H and O–H groups in total. The van der Waals surface area contributed by atoms with Crippen molar-refractivity contribution in [2.24, 2.45) is 0 Å². The van der Waals surface area contributed by atoms with E-state index in [1.807, 2.05) is 35.2 Å². The Morgan fingerprint density at radius 2 is 1.29 bits per heavy atom. The Labute approximate surface area is 148 Å². The number of benzene rings is 3. The summed E-state index contributed by atoms with van der Waals surface area (Å²) in [6.07, 6.45) is 1.28. The van der Waals surface area contributed by atoms with Crippen LogP contribution in [0.15, 0.2) is 78.9 Å². The van der Waals surface area contributed by atoms with Crippen molar-refractivity contribution in [3.05, 3.63) is 84.4 Å². The van der Waals surface area contributed by atoms with Gasteiger partial charge >= 0.3 is 148 Å². The normalized spacial score (nSPS) is 12.4. The predicted octanol–water partition coefficient (Wildman–Crippen LogP) is 2.95. The van der Waals surface area contributed by atoms with Crippen LogP contribution in [-0.2, 0) is 11.2 Å². The molecule has 0 atom stereocenters. The molecule has 0 unspecified atom stereocenters. The van der Waals surface area contributed by atoms with Crippen LogP contribution in [0.25, 0.3) is 0 Å². The summed E-state index contributed by atoms with van der Waals surface area (Å²) < 4.78 is 2.55. The van der Waals surface area contributed by atoms with Crippen molar-refractivity contribution in [2.45, 2.75) is 12.8 Å². The van der Waals surface area contributed by atoms with Gasteiger partial charge in [0.2, 0.25) is 0 Å². The Morgan fingerprint density at radius 3 is 1.92 bits per heavy atom. The first kappa shape index (κ1) is 15.2. The zero-order chi connectivity index (χ0) is 16.4. The third-order valence-corrected chi connectivity index (χ3v) is 6.52. The number of carbonyl (C=O) groups excluding carboxylic acids is 1. The van der Waals surface area contributed by atoms with Crippen LogP contribution in [-0.4, -0.2) is 20.9 Å². The molecule has 0 saturated heterocycles. The molecule has 0 bridgehead atoms. The van der Waals surface area contributed by atoms with Crippen LogP contribution >= 0.6 is 0 Å². The number of nitrogens with zero attached hydrogens (tertiary/aromatic N) is 1. The van der Waals surface area contributed by atoms with E-state index in [4.69, 9.17) is 0 Å². The van der Waals surface area contributed by atoms with Gasteiger partial charge in [0.15, 0.2) is 0 Å². The van der Waals surface area contributed by atoms with E-state index < -0.39 is 0 Å². The van der Waals surface area contributed by atoms with Crippen LogP contribution in [0.1, 0.15) is 12.0 Å². The van der Waals surface area contributed by atoms with Crippen molar-refractivity contribution in [1.82, 2.24) is 0 Å². The van der Waals surface area contributed by atoms with Crippen LogP contribution in [0, 0.1) is 0 Å². The van der Waals surface area contributed by atoms with Gasteiger partial charge < -0.3 is 0 Å². The van der Waals surface area contributed by atoms with Gasteiger partial charge in [0.05, 0.1) is 0 Å². The first-order chi connectivity index (χ1) is 11.8. The van der Waals surface area contributed by atoms with Crippen molar-refractivity contribution in [2.75, 3.05) is 4.90 Å². The molecular weight excluding hydrogens is 361 g/mol. The molecule has 2 nitrogen and oxygen atoms in total. The van der Waals surface area contributed by atoms with Crippen molar-refractivity contribution < 1.29 is 4.79 Å². The van der Waals surface area contributed by atoms with Crippen LogP contribution in [0.4, 0.5) is 11.4 Å². The van der Waals surface area contributed by atoms with Gasteiger partial charge in [-0.1, -0.05) is 0 Å². The summed E-state index contributed by atoms with van der Waals surface area (Å²) in [7, 11) is 0. The third kappa shape index (κ3) is 2.89. The van der Waals surface area contributed by atoms with Crippen molar-refractivity contribution in [3.63, 3.8) is 0 Å². The minimum atomic E-state index is 0.161. The van der Waals surface area contributed by atoms with Crippen molar-refractivity contribution in [3.8, 4) is 0 Å². The summed E-state index contributed by atoms with van der Waals surface area (Å²) in [5.41, 5.74) is 3.30. The molecule has 0 saturated carbocycles. The summed E-state index contributed by atoms with van der Waals surface area (Å²) in [5, 5.41) is 0. The Morgan fingerprint density at radius 1 is 0.750 bits per heavy atom. The molecule has 0 fully saturated rings. The molecule has 24 heavy (non-hydrogen) atoms. The number of para-hydroxylation sites is 2. The predicted molar refractivity (Wildman–Crippen MR) is 99.8 cm³/mol. The second-order valence-electron chi connectivity index (χ2n) is 5.75. The molecule has 0 spiro atoms. The van der Waals surface area contributed by atoms with E-state index in [0.717, 1.165) is 17.8 Å². The van der Waals surface area contributed by atoms with Gasteiger partial charge in [0.1, 0.15) is 0 Å². The van der Waals surface area contributed by atoms with Gasteiger partial charge in [0, 0.05) is 0 Å². The average molecular weight is 378 g/mol. The fourth-order valence-electron chi connectivity index (χ4n) is 2.98. The van der Waals surface area contributed by atoms with Gasteiger partial charge in [-0.15, -0.1) is 0 Å². The summed E-state index contributed by atoms with van der Waals surface area (Å²) in [6, 6.07) is 26.8. The van der Waals surface area contributed by atoms with E-state index in [-0.39, 0.29) is 20.9 Å². The zero-order valence-electron chi connectivity index (χ0n) is 13.2. The first-order valence-electron chi connectivity index (χ1n) is 8.06. The van der Waals surface area contributed by atoms with Gasteiger partial charge in [-0.2, -0.15) is 0 Å². The molecule has 0 aromatic heterocycles. The van der Waals surface area contributed by atoms with Gasteiger partial charge in [-0.25, -0.2) is 0 Å². The molecule has 1 heterocycles. The fourth-order valence-corrected chi connectivity index (χ4v) is 5.20. The fraction of sp³-hybridized carbons (Fsp3) is 0.0952. The number of anilines is 2. The molecule has 1 aliphatic rings. The Kier molecular flexibility index (Phi) is 4.20. The van der Waals surface area contributed by atoms with E-state index in [9.17, 15) is 4.79 Å². The van der Waals surface area contributed by atoms with Crippen LogP contribution < -0.4 is 13.8 Å². The maximum absolute atomic E-state index is 13.0. The SMILES string of the molecule is O=C(CCc1ccccc1)N1c2ccccc2[Se]c2ccccc21. The number of hydrogen-bond acceptors (Lipinski definition) is 1. The van der Waals surface area contributed by atoms with Crippen molar-refractivity contribution >= 4 is 41.2 Å². The van der Waals surface area contributed by atoms with Crippen LogP contribution in [0.5, 0.6) is 0 Å². The average Bonchev–Trinajstić information content (AvgIpc) is 2.65. The number of fused-ring (bicyclic) bond motifs is 2.